The van der Waals surface area contributed by atoms with Gasteiger partial charge in [-0.15, -0.1) is 6.58 Å². The molecule has 0 atom stereocenters. The number of nitrogens with one attached hydrogen (secondary N) is 1. The highest BCUT2D eigenvalue weighted by Crippen LogP contribution is 2.12. The van der Waals surface area contributed by atoms with E-state index >= 15 is 0 Å². The molecule has 0 radical (unpaired) electrons. The SMILES string of the molecule is C=CCc1ccc2[nH]cc(C(=O)OCC)c(=O)c2c1. The number of H-pyrrole nitrogens is 1. The number of fused-ring (bicyclic) bond motifs is 1. The Bertz CT molecular complexity index is 685. The molecule has 0 aliphatic rings. The molecule has 4 heteroatoms. The largest absolute Gasteiger partial charge is 0.462 e. The number of carbonyl (C=O) groups excluding carboxylic acids is 1. The van der Waals surface area contributed by atoms with Gasteiger partial charge in [-0.1, -0.05) is 12.1 Å². The molecular formula is C15H15NO3. The van der Waals surface area contributed by atoms with E-state index in [-0.39, 0.29) is 17.6 Å². The van der Waals surface area contributed by atoms with Crippen LogP contribution in [0.3, 0.4) is 0 Å². The second-order valence-electron chi connectivity index (χ2n) is 4.12. The summed E-state index contributed by atoms with van der Waals surface area (Å²) in [6.07, 6.45) is 3.85. The molecule has 0 bridgehead atoms. The molecule has 0 saturated carbocycles. The minimum Gasteiger partial charge on any atom is -0.462 e. The van der Waals surface area contributed by atoms with Crippen molar-refractivity contribution in [1.82, 2.24) is 4.98 Å². The predicted molar refractivity (Wildman–Crippen MR) is 74.4 cm³/mol. The summed E-state index contributed by atoms with van der Waals surface area (Å²) in [6, 6.07) is 5.52. The molecule has 1 aromatic heterocycles. The van der Waals surface area contributed by atoms with Crippen LogP contribution in [0.1, 0.15) is 22.8 Å². The summed E-state index contributed by atoms with van der Waals surface area (Å²) in [5.74, 6) is -0.597. The van der Waals surface area contributed by atoms with Gasteiger partial charge in [-0.3, -0.25) is 4.79 Å². The molecule has 0 spiro atoms. The van der Waals surface area contributed by atoms with Crippen molar-refractivity contribution in [2.75, 3.05) is 6.61 Å². The van der Waals surface area contributed by atoms with Gasteiger partial charge in [0.1, 0.15) is 5.56 Å². The number of carbonyl (C=O) groups is 1. The maximum Gasteiger partial charge on any atom is 0.343 e. The van der Waals surface area contributed by atoms with Gasteiger partial charge in [0.05, 0.1) is 6.61 Å². The molecule has 0 aliphatic heterocycles. The third kappa shape index (κ3) is 2.57. The molecule has 0 fully saturated rings. The maximum absolute atomic E-state index is 12.3. The van der Waals surface area contributed by atoms with Crippen molar-refractivity contribution in [3.05, 3.63) is 58.4 Å². The first-order valence-corrected chi connectivity index (χ1v) is 6.09. The van der Waals surface area contributed by atoms with Crippen molar-refractivity contribution >= 4 is 16.9 Å². The summed E-state index contributed by atoms with van der Waals surface area (Å²) in [7, 11) is 0. The molecule has 0 saturated heterocycles. The van der Waals surface area contributed by atoms with Crippen LogP contribution < -0.4 is 5.43 Å². The standard InChI is InChI=1S/C15H15NO3/c1-3-5-10-6-7-13-11(8-10)14(17)12(9-16-13)15(18)19-4-2/h3,6-9H,1,4-5H2,2H3,(H,16,17). The van der Waals surface area contributed by atoms with Crippen molar-refractivity contribution in [3.8, 4) is 0 Å². The first-order chi connectivity index (χ1) is 9.17. The monoisotopic (exact) mass is 257 g/mol. The second-order valence-corrected chi connectivity index (χ2v) is 4.12. The zero-order chi connectivity index (χ0) is 13.8. The number of allylic oxidation sites excluding steroid dienone is 1. The Morgan fingerprint density at radius 3 is 2.95 bits per heavy atom. The highest BCUT2D eigenvalue weighted by Gasteiger charge is 2.13. The predicted octanol–water partition coefficient (Wildman–Crippen LogP) is 2.43. The summed E-state index contributed by atoms with van der Waals surface area (Å²) in [4.78, 5) is 26.9. The molecule has 4 nitrogen and oxygen atoms in total. The lowest BCUT2D eigenvalue weighted by Crippen LogP contribution is -2.18. The molecular weight excluding hydrogens is 242 g/mol. The Hall–Kier alpha value is -2.36. The summed E-state index contributed by atoms with van der Waals surface area (Å²) in [6.45, 7) is 5.62. The van der Waals surface area contributed by atoms with Gasteiger partial charge in [-0.05, 0) is 31.0 Å². The summed E-state index contributed by atoms with van der Waals surface area (Å²) < 4.78 is 4.86. The number of esters is 1. The van der Waals surface area contributed by atoms with Crippen LogP contribution in [-0.2, 0) is 11.2 Å². The summed E-state index contributed by atoms with van der Waals surface area (Å²) >= 11 is 0. The summed E-state index contributed by atoms with van der Waals surface area (Å²) in [5.41, 5.74) is 1.41. The molecule has 1 aromatic carbocycles. The number of ether oxygens (including phenoxy) is 1. The lowest BCUT2D eigenvalue weighted by Gasteiger charge is -2.04. The zero-order valence-electron chi connectivity index (χ0n) is 10.7. The van der Waals surface area contributed by atoms with Crippen LogP contribution in [0.4, 0.5) is 0 Å². The highest BCUT2D eigenvalue weighted by molar-refractivity contribution is 5.93. The Labute approximate surface area is 110 Å². The van der Waals surface area contributed by atoms with E-state index < -0.39 is 5.97 Å². The van der Waals surface area contributed by atoms with Gasteiger partial charge in [-0.25, -0.2) is 4.79 Å². The lowest BCUT2D eigenvalue weighted by atomic mass is 10.1. The Balaban J connectivity index is 2.58. The van der Waals surface area contributed by atoms with Gasteiger partial charge in [0.2, 0.25) is 5.43 Å². The van der Waals surface area contributed by atoms with Crippen molar-refractivity contribution < 1.29 is 9.53 Å². The van der Waals surface area contributed by atoms with Crippen molar-refractivity contribution in [1.29, 1.82) is 0 Å². The van der Waals surface area contributed by atoms with Crippen molar-refractivity contribution in [3.63, 3.8) is 0 Å². The zero-order valence-corrected chi connectivity index (χ0v) is 10.7. The van der Waals surface area contributed by atoms with Gasteiger partial charge in [-0.2, -0.15) is 0 Å². The van der Waals surface area contributed by atoms with Crippen molar-refractivity contribution in [2.45, 2.75) is 13.3 Å². The smallest absolute Gasteiger partial charge is 0.343 e. The first kappa shape index (κ1) is 13.1. The molecule has 0 aliphatic carbocycles. The second kappa shape index (κ2) is 5.52. The molecule has 0 amide bonds. The van der Waals surface area contributed by atoms with Gasteiger partial charge in [0.25, 0.3) is 0 Å². The van der Waals surface area contributed by atoms with Crippen LogP contribution in [0.15, 0.2) is 41.8 Å². The van der Waals surface area contributed by atoms with Gasteiger partial charge < -0.3 is 9.72 Å². The van der Waals surface area contributed by atoms with E-state index in [1.54, 1.807) is 19.1 Å². The van der Waals surface area contributed by atoms with Crippen LogP contribution in [0.5, 0.6) is 0 Å². The number of benzene rings is 1. The third-order valence-corrected chi connectivity index (χ3v) is 2.82. The topological polar surface area (TPSA) is 59.2 Å². The highest BCUT2D eigenvalue weighted by atomic mass is 16.5. The quantitative estimate of drug-likeness (QED) is 0.676. The number of aromatic nitrogens is 1. The fraction of sp³-hybridized carbons (Fsp3) is 0.200. The van der Waals surface area contributed by atoms with Crippen LogP contribution in [-0.4, -0.2) is 17.6 Å². The number of hydrogen-bond donors (Lipinski definition) is 1. The van der Waals surface area contributed by atoms with E-state index in [4.69, 9.17) is 4.74 Å². The van der Waals surface area contributed by atoms with E-state index in [9.17, 15) is 9.59 Å². The Morgan fingerprint density at radius 2 is 2.26 bits per heavy atom. The Morgan fingerprint density at radius 1 is 1.47 bits per heavy atom. The minimum atomic E-state index is -0.597. The minimum absolute atomic E-state index is 0.0325. The molecule has 1 N–H and O–H groups in total. The molecule has 98 valence electrons. The first-order valence-electron chi connectivity index (χ1n) is 6.09. The average Bonchev–Trinajstić information content (AvgIpc) is 2.40. The van der Waals surface area contributed by atoms with Crippen LogP contribution >= 0.6 is 0 Å². The van der Waals surface area contributed by atoms with Crippen molar-refractivity contribution in [2.24, 2.45) is 0 Å². The van der Waals surface area contributed by atoms with Crippen LogP contribution in [0, 0.1) is 0 Å². The lowest BCUT2D eigenvalue weighted by molar-refractivity contribution is 0.0524. The van der Waals surface area contributed by atoms with E-state index in [1.807, 2.05) is 12.1 Å². The van der Waals surface area contributed by atoms with Gasteiger partial charge in [0.15, 0.2) is 0 Å². The normalized spacial score (nSPS) is 10.4. The van der Waals surface area contributed by atoms with Crippen LogP contribution in [0.25, 0.3) is 10.9 Å². The fourth-order valence-corrected chi connectivity index (χ4v) is 1.92. The van der Waals surface area contributed by atoms with Crippen LogP contribution in [0.2, 0.25) is 0 Å². The van der Waals surface area contributed by atoms with E-state index in [2.05, 4.69) is 11.6 Å². The number of rotatable bonds is 4. The Kier molecular flexibility index (Phi) is 3.80. The third-order valence-electron chi connectivity index (χ3n) is 2.82. The number of hydrogen-bond acceptors (Lipinski definition) is 3. The average molecular weight is 257 g/mol. The molecule has 0 unspecified atom stereocenters. The number of aromatic amines is 1. The van der Waals surface area contributed by atoms with Gasteiger partial charge >= 0.3 is 5.97 Å². The summed E-state index contributed by atoms with van der Waals surface area (Å²) in [5, 5.41) is 0.491. The number of pyridine rings is 1. The van der Waals surface area contributed by atoms with E-state index in [0.29, 0.717) is 17.3 Å². The molecule has 19 heavy (non-hydrogen) atoms. The molecule has 2 rings (SSSR count). The maximum atomic E-state index is 12.3. The van der Waals surface area contributed by atoms with E-state index in [1.165, 1.54) is 6.20 Å². The van der Waals surface area contributed by atoms with E-state index in [0.717, 1.165) is 5.56 Å². The van der Waals surface area contributed by atoms with Gasteiger partial charge in [0, 0.05) is 17.1 Å². The molecule has 2 aromatic rings. The molecule has 1 heterocycles. The fourth-order valence-electron chi connectivity index (χ4n) is 1.92.